The number of nitrogens with one attached hydrogen (secondary N) is 1. The number of hydrogen-bond donors (Lipinski definition) is 2. The molecule has 0 fully saturated rings. The third kappa shape index (κ3) is 5.24. The van der Waals surface area contributed by atoms with E-state index >= 15 is 0 Å². The Labute approximate surface area is 147 Å². The molecule has 126 valence electrons. The Morgan fingerprint density at radius 1 is 1.12 bits per heavy atom. The van der Waals surface area contributed by atoms with E-state index < -0.39 is 12.2 Å². The Balaban J connectivity index is 1.88. The number of nitriles is 1. The topological polar surface area (TPSA) is 65.3 Å². The number of benzene rings is 2. The molecular formula is C19H21ClN2O2. The lowest BCUT2D eigenvalue weighted by Crippen LogP contribution is -2.31. The first-order valence-corrected chi connectivity index (χ1v) is 8.19. The number of nitrogens with zero attached hydrogens (tertiary/aromatic N) is 1. The maximum atomic E-state index is 10.4. The average Bonchev–Trinajstić information content (AvgIpc) is 2.60. The van der Waals surface area contributed by atoms with Gasteiger partial charge < -0.3 is 15.2 Å². The molecule has 4 nitrogen and oxygen atoms in total. The minimum Gasteiger partial charge on any atom is -0.476 e. The Morgan fingerprint density at radius 3 is 2.33 bits per heavy atom. The van der Waals surface area contributed by atoms with Gasteiger partial charge >= 0.3 is 0 Å². The summed E-state index contributed by atoms with van der Waals surface area (Å²) >= 11 is 5.87. The molecule has 3 atom stereocenters. The van der Waals surface area contributed by atoms with Crippen LogP contribution in [0.15, 0.2) is 48.5 Å². The fourth-order valence-corrected chi connectivity index (χ4v) is 2.38. The molecule has 0 saturated heterocycles. The van der Waals surface area contributed by atoms with Gasteiger partial charge in [0.05, 0.1) is 6.10 Å². The number of ether oxygens (including phenoxy) is 1. The van der Waals surface area contributed by atoms with Gasteiger partial charge in [0, 0.05) is 17.6 Å². The maximum absolute atomic E-state index is 10.4. The van der Waals surface area contributed by atoms with Crippen molar-refractivity contribution >= 4 is 11.6 Å². The van der Waals surface area contributed by atoms with E-state index in [1.807, 2.05) is 49.4 Å². The molecule has 24 heavy (non-hydrogen) atoms. The van der Waals surface area contributed by atoms with Gasteiger partial charge in [-0.25, -0.2) is 0 Å². The van der Waals surface area contributed by atoms with Crippen LogP contribution in [-0.2, 0) is 6.54 Å². The first-order chi connectivity index (χ1) is 11.5. The normalized spacial score (nSPS) is 14.5. The molecule has 2 N–H and O–H groups in total. The third-order valence-electron chi connectivity index (χ3n) is 3.73. The molecule has 3 unspecified atom stereocenters. The van der Waals surface area contributed by atoms with Gasteiger partial charge in [0.1, 0.15) is 11.8 Å². The van der Waals surface area contributed by atoms with Crippen molar-refractivity contribution in [2.75, 3.05) is 0 Å². The van der Waals surface area contributed by atoms with Gasteiger partial charge in [-0.15, -0.1) is 0 Å². The third-order valence-corrected chi connectivity index (χ3v) is 3.98. The summed E-state index contributed by atoms with van der Waals surface area (Å²) in [6.07, 6.45) is -1.08. The summed E-state index contributed by atoms with van der Waals surface area (Å²) in [4.78, 5) is 0. The minimum atomic E-state index is -0.610. The Morgan fingerprint density at radius 2 is 1.75 bits per heavy atom. The van der Waals surface area contributed by atoms with Crippen LogP contribution in [0.25, 0.3) is 0 Å². The second-order valence-corrected chi connectivity index (χ2v) is 6.14. The van der Waals surface area contributed by atoms with E-state index in [2.05, 4.69) is 5.32 Å². The standard InChI is InChI=1S/C19H21ClN2O2/c1-13(11-21)24-18-9-3-15(4-10-18)12-22-14(2)19(23)16-5-7-17(20)8-6-16/h3-10,13-14,19,22-23H,12H2,1-2H3. The number of halogens is 1. The second-order valence-electron chi connectivity index (χ2n) is 5.70. The smallest absolute Gasteiger partial charge is 0.181 e. The van der Waals surface area contributed by atoms with Crippen molar-refractivity contribution in [3.05, 3.63) is 64.7 Å². The molecule has 0 aliphatic rings. The van der Waals surface area contributed by atoms with Gasteiger partial charge in [-0.1, -0.05) is 35.9 Å². The first-order valence-electron chi connectivity index (χ1n) is 7.81. The van der Waals surface area contributed by atoms with Crippen molar-refractivity contribution in [2.24, 2.45) is 0 Å². The monoisotopic (exact) mass is 344 g/mol. The summed E-state index contributed by atoms with van der Waals surface area (Å²) in [5.74, 6) is 0.669. The molecule has 0 radical (unpaired) electrons. The van der Waals surface area contributed by atoms with Gasteiger partial charge in [0.15, 0.2) is 6.10 Å². The van der Waals surface area contributed by atoms with E-state index in [0.29, 0.717) is 17.3 Å². The lowest BCUT2D eigenvalue weighted by Gasteiger charge is -2.21. The Hall–Kier alpha value is -2.06. The Bertz CT molecular complexity index is 680. The second kappa shape index (κ2) is 8.70. The zero-order valence-electron chi connectivity index (χ0n) is 13.7. The number of hydrogen-bond acceptors (Lipinski definition) is 4. The molecule has 0 bridgehead atoms. The summed E-state index contributed by atoms with van der Waals surface area (Å²) in [5.41, 5.74) is 1.90. The molecule has 5 heteroatoms. The molecule has 0 spiro atoms. The van der Waals surface area contributed by atoms with Crippen LogP contribution in [0.3, 0.4) is 0 Å². The van der Waals surface area contributed by atoms with E-state index in [1.54, 1.807) is 19.1 Å². The zero-order chi connectivity index (χ0) is 17.5. The molecule has 2 aromatic rings. The Kier molecular flexibility index (Phi) is 6.62. The molecule has 0 saturated carbocycles. The highest BCUT2D eigenvalue weighted by molar-refractivity contribution is 6.30. The van der Waals surface area contributed by atoms with Crippen LogP contribution in [0.4, 0.5) is 0 Å². The summed E-state index contributed by atoms with van der Waals surface area (Å²) in [6.45, 7) is 4.26. The molecule has 0 aromatic heterocycles. The number of aliphatic hydroxyl groups is 1. The van der Waals surface area contributed by atoms with E-state index in [0.717, 1.165) is 11.1 Å². The molecule has 0 amide bonds. The van der Waals surface area contributed by atoms with Gasteiger partial charge in [-0.05, 0) is 49.2 Å². The van der Waals surface area contributed by atoms with E-state index in [-0.39, 0.29) is 6.04 Å². The van der Waals surface area contributed by atoms with E-state index in [4.69, 9.17) is 21.6 Å². The van der Waals surface area contributed by atoms with Gasteiger partial charge in [0.2, 0.25) is 0 Å². The van der Waals surface area contributed by atoms with Crippen LogP contribution in [-0.4, -0.2) is 17.3 Å². The molecule has 0 heterocycles. The van der Waals surface area contributed by atoms with Crippen LogP contribution in [0.1, 0.15) is 31.1 Å². The lowest BCUT2D eigenvalue weighted by molar-refractivity contribution is 0.135. The molecule has 0 aliphatic carbocycles. The molecule has 2 rings (SSSR count). The fraction of sp³-hybridized carbons (Fsp3) is 0.316. The highest BCUT2D eigenvalue weighted by Crippen LogP contribution is 2.20. The number of rotatable bonds is 7. The summed E-state index contributed by atoms with van der Waals surface area (Å²) in [6, 6.07) is 16.7. The summed E-state index contributed by atoms with van der Waals surface area (Å²) in [5, 5.41) is 23.1. The fourth-order valence-electron chi connectivity index (χ4n) is 2.26. The molecule has 0 aliphatic heterocycles. The van der Waals surface area contributed by atoms with E-state index in [9.17, 15) is 5.11 Å². The number of aliphatic hydroxyl groups excluding tert-OH is 1. The quantitative estimate of drug-likeness (QED) is 0.800. The highest BCUT2D eigenvalue weighted by atomic mass is 35.5. The van der Waals surface area contributed by atoms with Crippen LogP contribution in [0.5, 0.6) is 5.75 Å². The van der Waals surface area contributed by atoms with Gasteiger partial charge in [-0.2, -0.15) is 5.26 Å². The summed E-state index contributed by atoms with van der Waals surface area (Å²) in [7, 11) is 0. The summed E-state index contributed by atoms with van der Waals surface area (Å²) < 4.78 is 5.42. The van der Waals surface area contributed by atoms with Crippen molar-refractivity contribution in [2.45, 2.75) is 38.6 Å². The largest absolute Gasteiger partial charge is 0.476 e. The molecular weight excluding hydrogens is 324 g/mol. The SMILES string of the molecule is CC(C#N)Oc1ccc(CNC(C)C(O)c2ccc(Cl)cc2)cc1. The van der Waals surface area contributed by atoms with Gasteiger partial charge in [-0.3, -0.25) is 0 Å². The highest BCUT2D eigenvalue weighted by Gasteiger charge is 2.15. The van der Waals surface area contributed by atoms with E-state index in [1.165, 1.54) is 0 Å². The van der Waals surface area contributed by atoms with Crippen LogP contribution >= 0.6 is 11.6 Å². The van der Waals surface area contributed by atoms with Crippen LogP contribution < -0.4 is 10.1 Å². The van der Waals surface area contributed by atoms with Crippen molar-refractivity contribution in [3.8, 4) is 11.8 Å². The average molecular weight is 345 g/mol. The van der Waals surface area contributed by atoms with Gasteiger partial charge in [0.25, 0.3) is 0 Å². The predicted molar refractivity (Wildman–Crippen MR) is 94.9 cm³/mol. The zero-order valence-corrected chi connectivity index (χ0v) is 14.5. The van der Waals surface area contributed by atoms with Crippen LogP contribution in [0, 0.1) is 11.3 Å². The molecule has 2 aromatic carbocycles. The minimum absolute atomic E-state index is 0.110. The first kappa shape index (κ1) is 18.3. The predicted octanol–water partition coefficient (Wildman–Crippen LogP) is 3.84. The van der Waals surface area contributed by atoms with Crippen molar-refractivity contribution in [1.82, 2.24) is 5.32 Å². The van der Waals surface area contributed by atoms with Crippen molar-refractivity contribution < 1.29 is 9.84 Å². The van der Waals surface area contributed by atoms with Crippen LogP contribution in [0.2, 0.25) is 5.02 Å². The lowest BCUT2D eigenvalue weighted by atomic mass is 10.0. The van der Waals surface area contributed by atoms with Crippen molar-refractivity contribution in [3.63, 3.8) is 0 Å². The maximum Gasteiger partial charge on any atom is 0.181 e. The van der Waals surface area contributed by atoms with Crippen molar-refractivity contribution in [1.29, 1.82) is 5.26 Å².